The maximum Gasteiger partial charge on any atom is 0.125 e. The predicted molar refractivity (Wildman–Crippen MR) is 56.9 cm³/mol. The van der Waals surface area contributed by atoms with Crippen LogP contribution in [0.1, 0.15) is 38.6 Å². The van der Waals surface area contributed by atoms with Crippen LogP contribution in [0.3, 0.4) is 0 Å². The SMILES string of the molecule is CC1CC(NC(C)c2nccn2C)C1. The third-order valence-electron chi connectivity index (χ3n) is 3.11. The molecule has 0 aromatic carbocycles. The molecule has 1 aromatic heterocycles. The van der Waals surface area contributed by atoms with Crippen molar-refractivity contribution in [2.45, 2.75) is 38.8 Å². The second-order valence-electron chi connectivity index (χ2n) is 4.56. The van der Waals surface area contributed by atoms with E-state index in [4.69, 9.17) is 0 Å². The molecule has 1 atom stereocenters. The van der Waals surface area contributed by atoms with E-state index in [2.05, 4.69) is 28.7 Å². The highest BCUT2D eigenvalue weighted by Crippen LogP contribution is 2.28. The van der Waals surface area contributed by atoms with Gasteiger partial charge < -0.3 is 9.88 Å². The maximum atomic E-state index is 4.35. The number of aryl methyl sites for hydroxylation is 1. The Morgan fingerprint density at radius 1 is 1.57 bits per heavy atom. The fourth-order valence-electron chi connectivity index (χ4n) is 2.26. The third kappa shape index (κ3) is 1.82. The van der Waals surface area contributed by atoms with Gasteiger partial charge in [0.25, 0.3) is 0 Å². The van der Waals surface area contributed by atoms with Crippen molar-refractivity contribution < 1.29 is 0 Å². The molecule has 0 spiro atoms. The van der Waals surface area contributed by atoms with Gasteiger partial charge in [-0.1, -0.05) is 6.92 Å². The van der Waals surface area contributed by atoms with E-state index in [1.807, 2.05) is 19.4 Å². The molecule has 2 rings (SSSR count). The van der Waals surface area contributed by atoms with Crippen LogP contribution >= 0.6 is 0 Å². The number of nitrogens with zero attached hydrogens (tertiary/aromatic N) is 2. The van der Waals surface area contributed by atoms with Gasteiger partial charge in [0.05, 0.1) is 6.04 Å². The lowest BCUT2D eigenvalue weighted by molar-refractivity contribution is 0.223. The monoisotopic (exact) mass is 193 g/mol. The van der Waals surface area contributed by atoms with Crippen LogP contribution in [0.5, 0.6) is 0 Å². The van der Waals surface area contributed by atoms with Crippen LogP contribution in [0.15, 0.2) is 12.4 Å². The fraction of sp³-hybridized carbons (Fsp3) is 0.727. The smallest absolute Gasteiger partial charge is 0.125 e. The molecule has 1 fully saturated rings. The van der Waals surface area contributed by atoms with Crippen molar-refractivity contribution in [1.29, 1.82) is 0 Å². The summed E-state index contributed by atoms with van der Waals surface area (Å²) in [7, 11) is 2.05. The Morgan fingerprint density at radius 2 is 2.29 bits per heavy atom. The second-order valence-corrected chi connectivity index (χ2v) is 4.56. The molecular formula is C11H19N3. The van der Waals surface area contributed by atoms with Crippen molar-refractivity contribution in [1.82, 2.24) is 14.9 Å². The van der Waals surface area contributed by atoms with Crippen molar-refractivity contribution in [3.05, 3.63) is 18.2 Å². The summed E-state index contributed by atoms with van der Waals surface area (Å²) in [4.78, 5) is 4.35. The van der Waals surface area contributed by atoms with Crippen molar-refractivity contribution in [3.63, 3.8) is 0 Å². The molecule has 0 saturated heterocycles. The first-order valence-electron chi connectivity index (χ1n) is 5.40. The molecule has 0 aliphatic heterocycles. The highest BCUT2D eigenvalue weighted by atomic mass is 15.1. The van der Waals surface area contributed by atoms with E-state index >= 15 is 0 Å². The van der Waals surface area contributed by atoms with Gasteiger partial charge in [-0.25, -0.2) is 4.98 Å². The Bertz CT molecular complexity index is 299. The molecule has 1 aliphatic rings. The second kappa shape index (κ2) is 3.73. The average molecular weight is 193 g/mol. The van der Waals surface area contributed by atoms with Crippen LogP contribution < -0.4 is 5.32 Å². The van der Waals surface area contributed by atoms with Crippen LogP contribution in [0.2, 0.25) is 0 Å². The lowest BCUT2D eigenvalue weighted by atomic mass is 9.81. The summed E-state index contributed by atoms with van der Waals surface area (Å²) in [5.41, 5.74) is 0. The topological polar surface area (TPSA) is 29.9 Å². The number of nitrogens with one attached hydrogen (secondary N) is 1. The zero-order valence-electron chi connectivity index (χ0n) is 9.20. The van der Waals surface area contributed by atoms with Crippen LogP contribution in [-0.4, -0.2) is 15.6 Å². The van der Waals surface area contributed by atoms with E-state index in [9.17, 15) is 0 Å². The van der Waals surface area contributed by atoms with Crippen molar-refractivity contribution >= 4 is 0 Å². The minimum absolute atomic E-state index is 0.368. The van der Waals surface area contributed by atoms with E-state index in [1.54, 1.807) is 0 Å². The van der Waals surface area contributed by atoms with Crippen LogP contribution in [-0.2, 0) is 7.05 Å². The quantitative estimate of drug-likeness (QED) is 0.794. The van der Waals surface area contributed by atoms with Gasteiger partial charge in [0.15, 0.2) is 0 Å². The number of aromatic nitrogens is 2. The Hall–Kier alpha value is -0.830. The third-order valence-corrected chi connectivity index (χ3v) is 3.11. The largest absolute Gasteiger partial charge is 0.337 e. The number of imidazole rings is 1. The van der Waals surface area contributed by atoms with Gasteiger partial charge in [0, 0.05) is 25.5 Å². The van der Waals surface area contributed by atoms with Crippen LogP contribution in [0, 0.1) is 5.92 Å². The summed E-state index contributed by atoms with van der Waals surface area (Å²) in [5, 5.41) is 3.61. The van der Waals surface area contributed by atoms with Crippen molar-refractivity contribution in [2.24, 2.45) is 13.0 Å². The van der Waals surface area contributed by atoms with E-state index in [1.165, 1.54) is 12.8 Å². The first kappa shape index (κ1) is 9.71. The van der Waals surface area contributed by atoms with Gasteiger partial charge in [-0.15, -0.1) is 0 Å². The van der Waals surface area contributed by atoms with Gasteiger partial charge in [-0.2, -0.15) is 0 Å². The van der Waals surface area contributed by atoms with E-state index in [-0.39, 0.29) is 0 Å². The van der Waals surface area contributed by atoms with E-state index in [0.29, 0.717) is 12.1 Å². The summed E-state index contributed by atoms with van der Waals surface area (Å²) >= 11 is 0. The summed E-state index contributed by atoms with van der Waals surface area (Å²) in [6.07, 6.45) is 6.48. The normalized spacial score (nSPS) is 28.5. The lowest BCUT2D eigenvalue weighted by Gasteiger charge is -2.35. The maximum absolute atomic E-state index is 4.35. The zero-order chi connectivity index (χ0) is 10.1. The van der Waals surface area contributed by atoms with Crippen molar-refractivity contribution in [2.75, 3.05) is 0 Å². The minimum Gasteiger partial charge on any atom is -0.337 e. The minimum atomic E-state index is 0.368. The molecule has 1 aliphatic carbocycles. The molecule has 3 nitrogen and oxygen atoms in total. The zero-order valence-corrected chi connectivity index (χ0v) is 9.20. The molecule has 78 valence electrons. The standard InChI is InChI=1S/C11H19N3/c1-8-6-10(7-8)13-9(2)11-12-4-5-14(11)3/h4-5,8-10,13H,6-7H2,1-3H3. The number of hydrogen-bond acceptors (Lipinski definition) is 2. The summed E-state index contributed by atoms with van der Waals surface area (Å²) in [6.45, 7) is 4.49. The van der Waals surface area contributed by atoms with E-state index in [0.717, 1.165) is 11.7 Å². The molecule has 1 aromatic rings. The van der Waals surface area contributed by atoms with Crippen LogP contribution in [0.25, 0.3) is 0 Å². The molecule has 0 amide bonds. The van der Waals surface area contributed by atoms with Gasteiger partial charge >= 0.3 is 0 Å². The first-order chi connectivity index (χ1) is 6.66. The van der Waals surface area contributed by atoms with Gasteiger partial charge in [-0.05, 0) is 25.7 Å². The lowest BCUT2D eigenvalue weighted by Crippen LogP contribution is -2.41. The molecule has 1 heterocycles. The molecular weight excluding hydrogens is 174 g/mol. The Labute approximate surface area is 85.5 Å². The molecule has 0 radical (unpaired) electrons. The summed E-state index contributed by atoms with van der Waals surface area (Å²) in [5.74, 6) is 2.03. The average Bonchev–Trinajstić information content (AvgIpc) is 2.48. The van der Waals surface area contributed by atoms with Gasteiger partial charge in [-0.3, -0.25) is 0 Å². The molecule has 1 unspecified atom stereocenters. The first-order valence-corrected chi connectivity index (χ1v) is 5.40. The molecule has 14 heavy (non-hydrogen) atoms. The van der Waals surface area contributed by atoms with Gasteiger partial charge in [0.1, 0.15) is 5.82 Å². The Balaban J connectivity index is 1.90. The summed E-state index contributed by atoms with van der Waals surface area (Å²) < 4.78 is 2.08. The molecule has 1 N–H and O–H groups in total. The Kier molecular flexibility index (Phi) is 2.59. The summed E-state index contributed by atoms with van der Waals surface area (Å²) in [6, 6.07) is 1.07. The highest BCUT2D eigenvalue weighted by molar-refractivity contribution is 4.99. The molecule has 0 bridgehead atoms. The van der Waals surface area contributed by atoms with Crippen LogP contribution in [0.4, 0.5) is 0 Å². The Morgan fingerprint density at radius 3 is 2.79 bits per heavy atom. The molecule has 3 heteroatoms. The molecule has 1 saturated carbocycles. The van der Waals surface area contributed by atoms with Gasteiger partial charge in [0.2, 0.25) is 0 Å². The van der Waals surface area contributed by atoms with E-state index < -0.39 is 0 Å². The number of rotatable bonds is 3. The predicted octanol–water partition coefficient (Wildman–Crippen LogP) is 1.87. The fourth-order valence-corrected chi connectivity index (χ4v) is 2.26. The van der Waals surface area contributed by atoms with Crippen molar-refractivity contribution in [3.8, 4) is 0 Å². The highest BCUT2D eigenvalue weighted by Gasteiger charge is 2.27. The number of hydrogen-bond donors (Lipinski definition) is 1.